The summed E-state index contributed by atoms with van der Waals surface area (Å²) in [7, 11) is 0. The standard InChI is InChI=1S/C26H34O4/c1-2-21-13-14-26(29-18-21)15-25(28-17-23-11-7-4-8-12-23)24(20-30-26)19-27-16-22-9-5-3-6-10-22/h3-12,21,24-25H,2,13-20H2,1H3/t21-,24-,25+,26-/m1/s1. The highest BCUT2D eigenvalue weighted by Crippen LogP contribution is 2.40. The van der Waals surface area contributed by atoms with Crippen LogP contribution in [-0.2, 0) is 32.2 Å². The van der Waals surface area contributed by atoms with Crippen LogP contribution < -0.4 is 0 Å². The number of benzene rings is 2. The van der Waals surface area contributed by atoms with Crippen LogP contribution in [0.4, 0.5) is 0 Å². The molecule has 4 rings (SSSR count). The number of rotatable bonds is 8. The largest absolute Gasteiger partial charge is 0.376 e. The molecule has 1 spiro atoms. The molecule has 4 atom stereocenters. The molecule has 2 aromatic carbocycles. The summed E-state index contributed by atoms with van der Waals surface area (Å²) in [5.41, 5.74) is 2.38. The van der Waals surface area contributed by atoms with Crippen molar-refractivity contribution in [2.24, 2.45) is 11.8 Å². The summed E-state index contributed by atoms with van der Waals surface area (Å²) >= 11 is 0. The van der Waals surface area contributed by atoms with E-state index < -0.39 is 5.79 Å². The van der Waals surface area contributed by atoms with E-state index in [9.17, 15) is 0 Å². The average molecular weight is 411 g/mol. The van der Waals surface area contributed by atoms with Crippen molar-refractivity contribution in [1.82, 2.24) is 0 Å². The Bertz CT molecular complexity index is 740. The molecular weight excluding hydrogens is 376 g/mol. The van der Waals surface area contributed by atoms with Crippen LogP contribution in [0.3, 0.4) is 0 Å². The minimum absolute atomic E-state index is 0.0629. The van der Waals surface area contributed by atoms with Gasteiger partial charge >= 0.3 is 0 Å². The predicted octanol–water partition coefficient (Wildman–Crippen LogP) is 5.36. The quantitative estimate of drug-likeness (QED) is 0.587. The zero-order valence-corrected chi connectivity index (χ0v) is 18.0. The molecule has 0 N–H and O–H groups in total. The molecule has 0 bridgehead atoms. The van der Waals surface area contributed by atoms with E-state index in [1.165, 1.54) is 17.5 Å². The van der Waals surface area contributed by atoms with Crippen molar-refractivity contribution in [1.29, 1.82) is 0 Å². The highest BCUT2D eigenvalue weighted by atomic mass is 16.7. The third-order valence-corrected chi connectivity index (χ3v) is 6.44. The lowest BCUT2D eigenvalue weighted by atomic mass is 9.86. The summed E-state index contributed by atoms with van der Waals surface area (Å²) in [6.45, 7) is 5.49. The summed E-state index contributed by atoms with van der Waals surface area (Å²) in [5, 5.41) is 0. The molecule has 2 fully saturated rings. The predicted molar refractivity (Wildman–Crippen MR) is 117 cm³/mol. The second-order valence-corrected chi connectivity index (χ2v) is 8.65. The van der Waals surface area contributed by atoms with Crippen molar-refractivity contribution >= 4 is 0 Å². The number of ether oxygens (including phenoxy) is 4. The second kappa shape index (κ2) is 10.5. The number of hydrogen-bond donors (Lipinski definition) is 0. The smallest absolute Gasteiger partial charge is 0.170 e. The Hall–Kier alpha value is -1.72. The van der Waals surface area contributed by atoms with E-state index >= 15 is 0 Å². The van der Waals surface area contributed by atoms with Crippen molar-refractivity contribution in [3.63, 3.8) is 0 Å². The van der Waals surface area contributed by atoms with Gasteiger partial charge in [-0.2, -0.15) is 0 Å². The van der Waals surface area contributed by atoms with Gasteiger partial charge in [0.2, 0.25) is 0 Å². The molecule has 30 heavy (non-hydrogen) atoms. The van der Waals surface area contributed by atoms with Gasteiger partial charge in [0.25, 0.3) is 0 Å². The van der Waals surface area contributed by atoms with Gasteiger partial charge in [-0.3, -0.25) is 0 Å². The van der Waals surface area contributed by atoms with Crippen LogP contribution in [0.25, 0.3) is 0 Å². The SMILES string of the molecule is CC[C@@H]1CC[C@@]2(C[C@H](OCc3ccccc3)[C@H](COCc3ccccc3)CO2)OC1. The first-order valence-corrected chi connectivity index (χ1v) is 11.3. The molecule has 4 nitrogen and oxygen atoms in total. The molecule has 0 radical (unpaired) electrons. The van der Waals surface area contributed by atoms with Crippen molar-refractivity contribution in [2.45, 2.75) is 57.7 Å². The normalized spacial score (nSPS) is 29.2. The fraction of sp³-hybridized carbons (Fsp3) is 0.538. The van der Waals surface area contributed by atoms with E-state index in [0.29, 0.717) is 32.3 Å². The molecule has 0 saturated carbocycles. The van der Waals surface area contributed by atoms with Crippen LogP contribution >= 0.6 is 0 Å². The molecule has 2 saturated heterocycles. The highest BCUT2D eigenvalue weighted by Gasteiger charge is 2.45. The van der Waals surface area contributed by atoms with Gasteiger partial charge in [0, 0.05) is 18.8 Å². The highest BCUT2D eigenvalue weighted by molar-refractivity contribution is 5.14. The van der Waals surface area contributed by atoms with E-state index in [1.54, 1.807) is 0 Å². The van der Waals surface area contributed by atoms with Gasteiger partial charge in [-0.15, -0.1) is 0 Å². The Morgan fingerprint density at radius 3 is 2.20 bits per heavy atom. The lowest BCUT2D eigenvalue weighted by Gasteiger charge is -2.47. The van der Waals surface area contributed by atoms with Gasteiger partial charge in [-0.1, -0.05) is 74.0 Å². The van der Waals surface area contributed by atoms with E-state index in [-0.39, 0.29) is 12.0 Å². The Morgan fingerprint density at radius 1 is 0.900 bits per heavy atom. The van der Waals surface area contributed by atoms with Gasteiger partial charge in [-0.05, 0) is 23.5 Å². The molecule has 4 heteroatoms. The Balaban J connectivity index is 1.36. The fourth-order valence-corrected chi connectivity index (χ4v) is 4.37. The van der Waals surface area contributed by atoms with Crippen LogP contribution in [0.15, 0.2) is 60.7 Å². The molecule has 0 aliphatic carbocycles. The molecule has 0 unspecified atom stereocenters. The van der Waals surface area contributed by atoms with Crippen LogP contribution in [0.5, 0.6) is 0 Å². The Morgan fingerprint density at radius 2 is 1.57 bits per heavy atom. The second-order valence-electron chi connectivity index (χ2n) is 8.65. The number of hydrogen-bond acceptors (Lipinski definition) is 4. The maximum absolute atomic E-state index is 6.43. The van der Waals surface area contributed by atoms with Gasteiger partial charge in [0.1, 0.15) is 0 Å². The van der Waals surface area contributed by atoms with Gasteiger partial charge in [0.05, 0.1) is 39.1 Å². The minimum atomic E-state index is -0.483. The summed E-state index contributed by atoms with van der Waals surface area (Å²) in [6, 6.07) is 20.7. The lowest BCUT2D eigenvalue weighted by Crippen LogP contribution is -2.52. The van der Waals surface area contributed by atoms with E-state index in [0.717, 1.165) is 25.9 Å². The fourth-order valence-electron chi connectivity index (χ4n) is 4.37. The first-order valence-electron chi connectivity index (χ1n) is 11.3. The molecule has 2 aromatic rings. The monoisotopic (exact) mass is 410 g/mol. The molecule has 0 aromatic heterocycles. The lowest BCUT2D eigenvalue weighted by molar-refractivity contribution is -0.312. The first-order chi connectivity index (χ1) is 14.8. The van der Waals surface area contributed by atoms with Crippen LogP contribution in [0.1, 0.15) is 43.7 Å². The van der Waals surface area contributed by atoms with Crippen LogP contribution in [0.2, 0.25) is 0 Å². The summed E-state index contributed by atoms with van der Waals surface area (Å²) in [5.74, 6) is 0.369. The topological polar surface area (TPSA) is 36.9 Å². The van der Waals surface area contributed by atoms with Crippen LogP contribution in [-0.4, -0.2) is 31.7 Å². The Kier molecular flexibility index (Phi) is 7.56. The molecule has 0 amide bonds. The van der Waals surface area contributed by atoms with Crippen molar-refractivity contribution < 1.29 is 18.9 Å². The Labute approximate surface area is 180 Å². The average Bonchev–Trinajstić information content (AvgIpc) is 2.81. The minimum Gasteiger partial charge on any atom is -0.376 e. The van der Waals surface area contributed by atoms with E-state index in [4.69, 9.17) is 18.9 Å². The third-order valence-electron chi connectivity index (χ3n) is 6.44. The molecular formula is C26H34O4. The molecule has 2 aliphatic heterocycles. The van der Waals surface area contributed by atoms with E-state index in [2.05, 4.69) is 43.3 Å². The van der Waals surface area contributed by atoms with Gasteiger partial charge in [-0.25, -0.2) is 0 Å². The molecule has 162 valence electrons. The maximum Gasteiger partial charge on any atom is 0.170 e. The first kappa shape index (κ1) is 21.5. The van der Waals surface area contributed by atoms with Gasteiger partial charge in [0.15, 0.2) is 5.79 Å². The zero-order valence-electron chi connectivity index (χ0n) is 18.0. The van der Waals surface area contributed by atoms with Gasteiger partial charge < -0.3 is 18.9 Å². The van der Waals surface area contributed by atoms with Crippen molar-refractivity contribution in [3.8, 4) is 0 Å². The summed E-state index contributed by atoms with van der Waals surface area (Å²) in [4.78, 5) is 0. The third kappa shape index (κ3) is 5.70. The van der Waals surface area contributed by atoms with Crippen LogP contribution in [0, 0.1) is 11.8 Å². The maximum atomic E-state index is 6.43. The van der Waals surface area contributed by atoms with E-state index in [1.807, 2.05) is 24.3 Å². The molecule has 2 aliphatic rings. The summed E-state index contributed by atoms with van der Waals surface area (Å²) in [6.07, 6.45) is 4.12. The molecule has 2 heterocycles. The summed E-state index contributed by atoms with van der Waals surface area (Å²) < 4.78 is 25.1. The zero-order chi connectivity index (χ0) is 20.7. The van der Waals surface area contributed by atoms with Crippen molar-refractivity contribution in [3.05, 3.63) is 71.8 Å². The van der Waals surface area contributed by atoms with Crippen molar-refractivity contribution in [2.75, 3.05) is 19.8 Å².